The molecule has 1 amide bonds. The van der Waals surface area contributed by atoms with Gasteiger partial charge in [-0.2, -0.15) is 13.2 Å². The maximum absolute atomic E-state index is 12.9. The second kappa shape index (κ2) is 6.44. The zero-order chi connectivity index (χ0) is 18.1. The first kappa shape index (κ1) is 18.3. The first-order valence-corrected chi connectivity index (χ1v) is 8.58. The summed E-state index contributed by atoms with van der Waals surface area (Å²) in [5.74, 6) is -0.727. The van der Waals surface area contributed by atoms with Crippen molar-refractivity contribution in [3.63, 3.8) is 0 Å². The van der Waals surface area contributed by atoms with Crippen LogP contribution >= 0.6 is 15.9 Å². The number of anilines is 1. The third kappa shape index (κ3) is 4.06. The van der Waals surface area contributed by atoms with Gasteiger partial charge in [0.2, 0.25) is 5.91 Å². The smallest absolute Gasteiger partial charge is 0.366 e. The molecule has 0 spiro atoms. The summed E-state index contributed by atoms with van der Waals surface area (Å²) in [5.41, 5.74) is 3.91. The monoisotopic (exact) mass is 422 g/mol. The van der Waals surface area contributed by atoms with E-state index in [1.54, 1.807) is 0 Å². The van der Waals surface area contributed by atoms with E-state index in [2.05, 4.69) is 20.7 Å². The predicted octanol–water partition coefficient (Wildman–Crippen LogP) is 3.37. The predicted molar refractivity (Wildman–Crippen MR) is 84.9 cm³/mol. The second-order valence-electron chi connectivity index (χ2n) is 4.69. The number of alkyl halides is 3. The van der Waals surface area contributed by atoms with Gasteiger partial charge in [-0.3, -0.25) is 9.52 Å². The van der Waals surface area contributed by atoms with Crippen molar-refractivity contribution in [1.29, 1.82) is 0 Å². The highest BCUT2D eigenvalue weighted by atomic mass is 79.9. The van der Waals surface area contributed by atoms with Gasteiger partial charge in [-0.1, -0.05) is 15.9 Å². The molecule has 0 saturated carbocycles. The van der Waals surface area contributed by atoms with Gasteiger partial charge in [-0.05, 0) is 42.5 Å². The van der Waals surface area contributed by atoms with Crippen LogP contribution in [-0.4, -0.2) is 14.3 Å². The molecule has 0 atom stereocenters. The van der Waals surface area contributed by atoms with Crippen molar-refractivity contribution in [3.05, 3.63) is 58.1 Å². The molecule has 0 aromatic heterocycles. The zero-order valence-electron chi connectivity index (χ0n) is 11.8. The Morgan fingerprint density at radius 1 is 1.08 bits per heavy atom. The van der Waals surface area contributed by atoms with Gasteiger partial charge in [0, 0.05) is 15.7 Å². The molecule has 0 saturated heterocycles. The Balaban J connectivity index is 2.34. The van der Waals surface area contributed by atoms with Gasteiger partial charge in [0.05, 0.1) is 10.5 Å². The first-order valence-electron chi connectivity index (χ1n) is 6.30. The highest BCUT2D eigenvalue weighted by molar-refractivity contribution is 9.10. The number of carbonyl (C=O) groups excluding carboxylic acids is 1. The molecule has 5 nitrogen and oxygen atoms in total. The zero-order valence-corrected chi connectivity index (χ0v) is 14.2. The lowest BCUT2D eigenvalue weighted by Crippen LogP contribution is -2.15. The van der Waals surface area contributed by atoms with E-state index in [4.69, 9.17) is 5.73 Å². The lowest BCUT2D eigenvalue weighted by atomic mass is 10.2. The summed E-state index contributed by atoms with van der Waals surface area (Å²) >= 11 is 2.77. The molecular weight excluding hydrogens is 413 g/mol. The van der Waals surface area contributed by atoms with E-state index in [1.165, 1.54) is 18.2 Å². The van der Waals surface area contributed by atoms with Crippen LogP contribution in [0.4, 0.5) is 18.9 Å². The maximum Gasteiger partial charge on any atom is 0.417 e. The number of benzene rings is 2. The summed E-state index contributed by atoms with van der Waals surface area (Å²) in [6.45, 7) is 0. The fourth-order valence-electron chi connectivity index (χ4n) is 1.82. The number of halogens is 4. The third-order valence-corrected chi connectivity index (χ3v) is 5.06. The molecule has 0 heterocycles. The quantitative estimate of drug-likeness (QED) is 0.791. The Hall–Kier alpha value is -2.07. The average molecular weight is 423 g/mol. The molecule has 0 aliphatic heterocycles. The molecule has 3 N–H and O–H groups in total. The summed E-state index contributed by atoms with van der Waals surface area (Å²) in [7, 11) is -4.12. The molecule has 2 rings (SSSR count). The molecule has 128 valence electrons. The fourth-order valence-corrected chi connectivity index (χ4v) is 3.34. The van der Waals surface area contributed by atoms with Gasteiger partial charge in [-0.15, -0.1) is 0 Å². The van der Waals surface area contributed by atoms with Gasteiger partial charge >= 0.3 is 6.18 Å². The van der Waals surface area contributed by atoms with Crippen molar-refractivity contribution in [1.82, 2.24) is 0 Å². The highest BCUT2D eigenvalue weighted by Crippen LogP contribution is 2.36. The molecule has 24 heavy (non-hydrogen) atoms. The van der Waals surface area contributed by atoms with Crippen LogP contribution in [0, 0.1) is 0 Å². The minimum absolute atomic E-state index is 0.108. The molecule has 0 radical (unpaired) electrons. The first-order chi connectivity index (χ1) is 11.0. The van der Waals surface area contributed by atoms with Crippen molar-refractivity contribution < 1.29 is 26.4 Å². The lowest BCUT2D eigenvalue weighted by molar-refractivity contribution is -0.138. The maximum atomic E-state index is 12.9. The SMILES string of the molecule is NC(=O)c1ccc(S(=O)(=O)Nc2ccc(Br)c(C(F)(F)F)c2)cc1. The van der Waals surface area contributed by atoms with Crippen LogP contribution in [-0.2, 0) is 16.2 Å². The molecule has 10 heteroatoms. The average Bonchev–Trinajstić information content (AvgIpc) is 2.48. The number of sulfonamides is 1. The number of amides is 1. The number of nitrogens with two attached hydrogens (primary N) is 1. The molecule has 0 aliphatic carbocycles. The topological polar surface area (TPSA) is 89.3 Å². The Morgan fingerprint density at radius 3 is 2.17 bits per heavy atom. The number of carbonyl (C=O) groups is 1. The van der Waals surface area contributed by atoms with Crippen molar-refractivity contribution in [2.24, 2.45) is 5.73 Å². The van der Waals surface area contributed by atoms with Crippen LogP contribution < -0.4 is 10.5 Å². The molecule has 0 bridgehead atoms. The van der Waals surface area contributed by atoms with Crippen molar-refractivity contribution in [2.75, 3.05) is 4.72 Å². The standard InChI is InChI=1S/C14H10BrF3N2O3S/c15-12-6-3-9(7-11(12)14(16,17)18)20-24(22,23)10-4-1-8(2-5-10)13(19)21/h1-7,20H,(H2,19,21). The van der Waals surface area contributed by atoms with Crippen LogP contribution in [0.25, 0.3) is 0 Å². The van der Waals surface area contributed by atoms with E-state index in [9.17, 15) is 26.4 Å². The van der Waals surface area contributed by atoms with Crippen LogP contribution in [0.15, 0.2) is 51.8 Å². The molecule has 2 aromatic rings. The number of nitrogens with one attached hydrogen (secondary N) is 1. The Morgan fingerprint density at radius 2 is 1.67 bits per heavy atom. The highest BCUT2D eigenvalue weighted by Gasteiger charge is 2.33. The lowest BCUT2D eigenvalue weighted by Gasteiger charge is -2.13. The van der Waals surface area contributed by atoms with E-state index in [-0.39, 0.29) is 20.6 Å². The molecular formula is C14H10BrF3N2O3S. The minimum Gasteiger partial charge on any atom is -0.366 e. The molecule has 0 fully saturated rings. The van der Waals surface area contributed by atoms with E-state index < -0.39 is 27.7 Å². The van der Waals surface area contributed by atoms with Gasteiger partial charge in [0.15, 0.2) is 0 Å². The van der Waals surface area contributed by atoms with Gasteiger partial charge in [-0.25, -0.2) is 8.42 Å². The van der Waals surface area contributed by atoms with Crippen LogP contribution in [0.1, 0.15) is 15.9 Å². The van der Waals surface area contributed by atoms with E-state index in [1.807, 2.05) is 0 Å². The van der Waals surface area contributed by atoms with Gasteiger partial charge < -0.3 is 5.73 Å². The summed E-state index contributed by atoms with van der Waals surface area (Å²) in [6.07, 6.45) is -4.64. The fraction of sp³-hybridized carbons (Fsp3) is 0.0714. The normalized spacial score (nSPS) is 12.0. The Kier molecular flexibility index (Phi) is 4.90. The van der Waals surface area contributed by atoms with Gasteiger partial charge in [0.25, 0.3) is 10.0 Å². The summed E-state index contributed by atoms with van der Waals surface area (Å²) < 4.78 is 64.8. The summed E-state index contributed by atoms with van der Waals surface area (Å²) in [6, 6.07) is 7.64. The largest absolute Gasteiger partial charge is 0.417 e. The Bertz CT molecular complexity index is 881. The second-order valence-corrected chi connectivity index (χ2v) is 7.22. The van der Waals surface area contributed by atoms with Crippen molar-refractivity contribution >= 4 is 37.5 Å². The number of hydrogen-bond donors (Lipinski definition) is 2. The third-order valence-electron chi connectivity index (χ3n) is 2.97. The minimum atomic E-state index is -4.64. The summed E-state index contributed by atoms with van der Waals surface area (Å²) in [4.78, 5) is 10.7. The molecule has 0 unspecified atom stereocenters. The van der Waals surface area contributed by atoms with Crippen LogP contribution in [0.5, 0.6) is 0 Å². The van der Waals surface area contributed by atoms with Crippen LogP contribution in [0.2, 0.25) is 0 Å². The van der Waals surface area contributed by atoms with Crippen molar-refractivity contribution in [2.45, 2.75) is 11.1 Å². The Labute approximate surface area is 143 Å². The number of rotatable bonds is 4. The molecule has 0 aliphatic rings. The molecule has 2 aromatic carbocycles. The summed E-state index contributed by atoms with van der Waals surface area (Å²) in [5, 5.41) is 0. The van der Waals surface area contributed by atoms with Crippen molar-refractivity contribution in [3.8, 4) is 0 Å². The van der Waals surface area contributed by atoms with E-state index in [0.29, 0.717) is 6.07 Å². The van der Waals surface area contributed by atoms with Crippen LogP contribution in [0.3, 0.4) is 0 Å². The van der Waals surface area contributed by atoms with Gasteiger partial charge in [0.1, 0.15) is 0 Å². The number of primary amides is 1. The van der Waals surface area contributed by atoms with E-state index >= 15 is 0 Å². The number of hydrogen-bond acceptors (Lipinski definition) is 3. The van der Waals surface area contributed by atoms with E-state index in [0.717, 1.165) is 18.2 Å².